The zero-order chi connectivity index (χ0) is 33.2. The molecule has 242 valence electrons. The molecular weight excluding hydrogens is 606 g/mol. The molecule has 2 aliphatic rings. The summed E-state index contributed by atoms with van der Waals surface area (Å²) in [7, 11) is 0. The van der Waals surface area contributed by atoms with Gasteiger partial charge in [0.1, 0.15) is 11.6 Å². The van der Waals surface area contributed by atoms with Crippen LogP contribution in [-0.4, -0.2) is 69.6 Å². The van der Waals surface area contributed by atoms with E-state index in [9.17, 15) is 24.3 Å². The van der Waals surface area contributed by atoms with Gasteiger partial charge in [-0.2, -0.15) is 0 Å². The van der Waals surface area contributed by atoms with Crippen LogP contribution in [0.1, 0.15) is 62.4 Å². The van der Waals surface area contributed by atoms with Crippen molar-refractivity contribution in [3.8, 4) is 0 Å². The molecule has 0 saturated heterocycles. The zero-order valence-electron chi connectivity index (χ0n) is 26.6. The topological polar surface area (TPSA) is 107 Å². The number of nitrogens with zero attached hydrogens (tertiary/aromatic N) is 3. The van der Waals surface area contributed by atoms with Crippen LogP contribution in [0.3, 0.4) is 0 Å². The van der Waals surface area contributed by atoms with Crippen molar-refractivity contribution < 1.29 is 29.0 Å². The van der Waals surface area contributed by atoms with Gasteiger partial charge in [-0.1, -0.05) is 72.3 Å². The molecule has 0 aromatic heterocycles. The minimum absolute atomic E-state index is 0.158. The van der Waals surface area contributed by atoms with Crippen LogP contribution in [0.2, 0.25) is 5.02 Å². The predicted octanol–water partition coefficient (Wildman–Crippen LogP) is 6.07. The van der Waals surface area contributed by atoms with Crippen molar-refractivity contribution >= 4 is 41.2 Å². The second-order valence-electron chi connectivity index (χ2n) is 12.9. The number of benzene rings is 3. The third-order valence-corrected chi connectivity index (χ3v) is 8.94. The fraction of sp³-hybridized carbons (Fsp3) is 0.389. The predicted molar refractivity (Wildman–Crippen MR) is 176 cm³/mol. The largest absolute Gasteiger partial charge is 0.481 e. The molecule has 2 heterocycles. The Morgan fingerprint density at radius 2 is 1.59 bits per heavy atom. The van der Waals surface area contributed by atoms with E-state index in [4.69, 9.17) is 16.3 Å². The monoisotopic (exact) mass is 645 g/mol. The zero-order valence-corrected chi connectivity index (χ0v) is 27.4. The number of carbonyl (C=O) groups excluding carboxylic acids is 3. The first-order chi connectivity index (χ1) is 21.8. The first kappa shape index (κ1) is 33.0. The molecule has 3 amide bonds. The Balaban J connectivity index is 1.47. The van der Waals surface area contributed by atoms with Gasteiger partial charge in [0.25, 0.3) is 0 Å². The van der Waals surface area contributed by atoms with Crippen LogP contribution in [0, 0.1) is 0 Å². The van der Waals surface area contributed by atoms with E-state index in [0.717, 1.165) is 22.3 Å². The Morgan fingerprint density at radius 3 is 2.28 bits per heavy atom. The van der Waals surface area contributed by atoms with Crippen LogP contribution in [-0.2, 0) is 38.4 Å². The van der Waals surface area contributed by atoms with E-state index >= 15 is 0 Å². The lowest BCUT2D eigenvalue weighted by Gasteiger charge is -2.42. The number of rotatable bonds is 8. The van der Waals surface area contributed by atoms with Crippen molar-refractivity contribution in [3.63, 3.8) is 0 Å². The van der Waals surface area contributed by atoms with E-state index < -0.39 is 41.7 Å². The van der Waals surface area contributed by atoms with E-state index in [-0.39, 0.29) is 31.8 Å². The lowest BCUT2D eigenvalue weighted by molar-refractivity contribution is -0.147. The summed E-state index contributed by atoms with van der Waals surface area (Å²) in [5.41, 5.74) is 3.41. The molecule has 0 bridgehead atoms. The number of halogens is 1. The third kappa shape index (κ3) is 7.20. The summed E-state index contributed by atoms with van der Waals surface area (Å²) in [6, 6.07) is 20.5. The summed E-state index contributed by atoms with van der Waals surface area (Å²) >= 11 is 6.46. The molecule has 9 nitrogen and oxygen atoms in total. The number of carboxylic acid groups (broad SMARTS) is 1. The fourth-order valence-electron chi connectivity index (χ4n) is 6.54. The van der Waals surface area contributed by atoms with Gasteiger partial charge in [-0.05, 0) is 74.9 Å². The number of fused-ring (bicyclic) bond motifs is 2. The molecule has 1 N–H and O–H groups in total. The minimum atomic E-state index is -1.00. The number of carbonyl (C=O) groups is 4. The van der Waals surface area contributed by atoms with Crippen LogP contribution in [0.15, 0.2) is 72.8 Å². The maximum atomic E-state index is 14.5. The molecule has 2 unspecified atom stereocenters. The average Bonchev–Trinajstić information content (AvgIpc) is 3.38. The molecule has 10 heteroatoms. The standard InChI is InChI=1S/C36H40ClN3O6/c1-23-28-14-8-5-12-25(28)19-27(21-33(42)43)39(23)32(41)22-38(18-17-24-11-6-9-15-29(24)37)34(44)31-20-26-13-7-10-16-30(26)40(31)35(45)46-36(2,3)4/h5-16,23,27,31H,17-22H2,1-4H3,(H,42,43)/t23?,27?,31-/m1/s1. The molecule has 0 saturated carbocycles. The van der Waals surface area contributed by atoms with Gasteiger partial charge < -0.3 is 19.6 Å². The molecule has 3 aromatic carbocycles. The van der Waals surface area contributed by atoms with Gasteiger partial charge in [0.05, 0.1) is 24.7 Å². The van der Waals surface area contributed by atoms with Gasteiger partial charge in [-0.25, -0.2) is 4.79 Å². The summed E-state index contributed by atoms with van der Waals surface area (Å²) in [4.78, 5) is 58.7. The molecule has 0 fully saturated rings. The summed E-state index contributed by atoms with van der Waals surface area (Å²) < 4.78 is 5.73. The second-order valence-corrected chi connectivity index (χ2v) is 13.3. The Bertz CT molecular complexity index is 1640. The lowest BCUT2D eigenvalue weighted by atomic mass is 9.87. The number of hydrogen-bond acceptors (Lipinski definition) is 5. The number of amides is 3. The van der Waals surface area contributed by atoms with Gasteiger partial charge >= 0.3 is 12.1 Å². The molecule has 0 spiro atoms. The highest BCUT2D eigenvalue weighted by atomic mass is 35.5. The Morgan fingerprint density at radius 1 is 0.935 bits per heavy atom. The fourth-order valence-corrected chi connectivity index (χ4v) is 6.77. The van der Waals surface area contributed by atoms with E-state index in [2.05, 4.69) is 0 Å². The molecular formula is C36H40ClN3O6. The van der Waals surface area contributed by atoms with Crippen LogP contribution >= 0.6 is 11.6 Å². The van der Waals surface area contributed by atoms with Gasteiger partial charge in [-0.3, -0.25) is 19.3 Å². The van der Waals surface area contributed by atoms with E-state index in [1.165, 1.54) is 9.80 Å². The highest BCUT2D eigenvalue weighted by molar-refractivity contribution is 6.31. The number of carboxylic acids is 1. The van der Waals surface area contributed by atoms with Crippen molar-refractivity contribution in [1.29, 1.82) is 0 Å². The van der Waals surface area contributed by atoms with Gasteiger partial charge in [-0.15, -0.1) is 0 Å². The van der Waals surface area contributed by atoms with E-state index in [0.29, 0.717) is 23.6 Å². The van der Waals surface area contributed by atoms with Crippen LogP contribution in [0.4, 0.5) is 10.5 Å². The molecule has 3 aromatic rings. The van der Waals surface area contributed by atoms with Gasteiger partial charge in [0.2, 0.25) is 11.8 Å². The van der Waals surface area contributed by atoms with E-state index in [1.807, 2.05) is 61.5 Å². The SMILES string of the molecule is CC1c2ccccc2CC(CC(=O)O)N1C(=O)CN(CCc1ccccc1Cl)C(=O)[C@H]1Cc2ccccc2N1C(=O)OC(C)(C)C. The van der Waals surface area contributed by atoms with Gasteiger partial charge in [0, 0.05) is 24.0 Å². The molecule has 5 rings (SSSR count). The maximum Gasteiger partial charge on any atom is 0.415 e. The molecule has 0 radical (unpaired) electrons. The Kier molecular flexibility index (Phi) is 9.72. The number of aliphatic carboxylic acids is 1. The first-order valence-corrected chi connectivity index (χ1v) is 15.9. The number of ether oxygens (including phenoxy) is 1. The molecule has 2 aliphatic heterocycles. The minimum Gasteiger partial charge on any atom is -0.481 e. The molecule has 3 atom stereocenters. The van der Waals surface area contributed by atoms with Gasteiger partial charge in [0.15, 0.2) is 0 Å². The van der Waals surface area contributed by atoms with E-state index in [1.54, 1.807) is 43.9 Å². The van der Waals surface area contributed by atoms with Crippen molar-refractivity contribution in [2.24, 2.45) is 0 Å². The second kappa shape index (κ2) is 13.5. The third-order valence-electron chi connectivity index (χ3n) is 8.57. The number of anilines is 1. The normalized spacial score (nSPS) is 18.8. The van der Waals surface area contributed by atoms with Crippen molar-refractivity contribution in [1.82, 2.24) is 9.80 Å². The summed E-state index contributed by atoms with van der Waals surface area (Å²) in [5.74, 6) is -1.76. The number of hydrogen-bond donors (Lipinski definition) is 1. The van der Waals surface area contributed by atoms with Crippen molar-refractivity contribution in [3.05, 3.63) is 100 Å². The summed E-state index contributed by atoms with van der Waals surface area (Å²) in [6.45, 7) is 7.06. The molecule has 46 heavy (non-hydrogen) atoms. The quantitative estimate of drug-likeness (QED) is 0.319. The summed E-state index contributed by atoms with van der Waals surface area (Å²) in [6.07, 6.45) is 0.178. The Hall–Kier alpha value is -4.37. The highest BCUT2D eigenvalue weighted by Gasteiger charge is 2.43. The number of para-hydroxylation sites is 1. The Labute approximate surface area is 274 Å². The molecule has 0 aliphatic carbocycles. The van der Waals surface area contributed by atoms with Crippen LogP contribution in [0.25, 0.3) is 0 Å². The van der Waals surface area contributed by atoms with Crippen molar-refractivity contribution in [2.75, 3.05) is 18.0 Å². The smallest absolute Gasteiger partial charge is 0.415 e. The van der Waals surface area contributed by atoms with Crippen molar-refractivity contribution in [2.45, 2.75) is 77.1 Å². The summed E-state index contributed by atoms with van der Waals surface area (Å²) in [5, 5.41) is 10.3. The highest BCUT2D eigenvalue weighted by Crippen LogP contribution is 2.36. The van der Waals surface area contributed by atoms with Crippen LogP contribution < -0.4 is 4.90 Å². The van der Waals surface area contributed by atoms with Crippen LogP contribution in [0.5, 0.6) is 0 Å². The lowest BCUT2D eigenvalue weighted by Crippen LogP contribution is -2.55. The maximum absolute atomic E-state index is 14.5. The average molecular weight is 646 g/mol. The first-order valence-electron chi connectivity index (χ1n) is 15.6.